The van der Waals surface area contributed by atoms with Crippen molar-refractivity contribution in [3.63, 3.8) is 0 Å². The van der Waals surface area contributed by atoms with Gasteiger partial charge in [-0.1, -0.05) is 0 Å². The second kappa shape index (κ2) is 6.80. The minimum Gasteiger partial charge on any atom is -0.368 e. The molecule has 1 aliphatic heterocycles. The van der Waals surface area contributed by atoms with Gasteiger partial charge in [-0.3, -0.25) is 4.68 Å². The highest BCUT2D eigenvalue weighted by Crippen LogP contribution is 2.24. The summed E-state index contributed by atoms with van der Waals surface area (Å²) in [5.74, 6) is -0.322. The van der Waals surface area contributed by atoms with E-state index in [2.05, 4.69) is 15.3 Å². The third-order valence-electron chi connectivity index (χ3n) is 4.19. The molecule has 23 heavy (non-hydrogen) atoms. The summed E-state index contributed by atoms with van der Waals surface area (Å²) in [6.45, 7) is 2.37. The first kappa shape index (κ1) is 15.5. The van der Waals surface area contributed by atoms with Crippen molar-refractivity contribution in [1.82, 2.24) is 15.1 Å². The Bertz CT molecular complexity index is 718. The molecule has 1 N–H and O–H groups in total. The van der Waals surface area contributed by atoms with Gasteiger partial charge in [0, 0.05) is 44.5 Å². The van der Waals surface area contributed by atoms with Crippen LogP contribution in [0.4, 0.5) is 10.1 Å². The molecular formula is C17H20FN5. The minimum atomic E-state index is -0.322. The van der Waals surface area contributed by atoms with Crippen LogP contribution in [-0.2, 0) is 13.6 Å². The SMILES string of the molecule is Cn1cc(CN[C@@H]2CCCN(c3ccc(C#N)cc3F)C2)cn1. The molecule has 6 heteroatoms. The van der Waals surface area contributed by atoms with Crippen LogP contribution in [0.5, 0.6) is 0 Å². The monoisotopic (exact) mass is 313 g/mol. The van der Waals surface area contributed by atoms with E-state index in [0.717, 1.165) is 38.0 Å². The first-order chi connectivity index (χ1) is 11.2. The number of halogens is 1. The van der Waals surface area contributed by atoms with E-state index >= 15 is 0 Å². The van der Waals surface area contributed by atoms with Gasteiger partial charge in [-0.25, -0.2) is 4.39 Å². The number of hydrogen-bond donors (Lipinski definition) is 1. The zero-order chi connectivity index (χ0) is 16.2. The van der Waals surface area contributed by atoms with Gasteiger partial charge in [0.1, 0.15) is 5.82 Å². The second-order valence-electron chi connectivity index (χ2n) is 5.97. The van der Waals surface area contributed by atoms with Gasteiger partial charge in [-0.05, 0) is 31.0 Å². The molecule has 0 bridgehead atoms. The van der Waals surface area contributed by atoms with E-state index in [1.165, 1.54) is 6.07 Å². The normalized spacial score (nSPS) is 18.0. The summed E-state index contributed by atoms with van der Waals surface area (Å²) in [7, 11) is 1.90. The molecule has 0 amide bonds. The van der Waals surface area contributed by atoms with Crippen molar-refractivity contribution >= 4 is 5.69 Å². The highest BCUT2D eigenvalue weighted by Gasteiger charge is 2.22. The highest BCUT2D eigenvalue weighted by atomic mass is 19.1. The molecule has 0 aliphatic carbocycles. The second-order valence-corrected chi connectivity index (χ2v) is 5.97. The lowest BCUT2D eigenvalue weighted by molar-refractivity contribution is 0.418. The van der Waals surface area contributed by atoms with Gasteiger partial charge in [0.2, 0.25) is 0 Å². The summed E-state index contributed by atoms with van der Waals surface area (Å²) in [4.78, 5) is 2.06. The van der Waals surface area contributed by atoms with Gasteiger partial charge in [-0.15, -0.1) is 0 Å². The first-order valence-corrected chi connectivity index (χ1v) is 7.81. The Hall–Kier alpha value is -2.39. The molecule has 2 heterocycles. The quantitative estimate of drug-likeness (QED) is 0.940. The van der Waals surface area contributed by atoms with Crippen molar-refractivity contribution in [3.8, 4) is 6.07 Å². The molecule has 1 aromatic carbocycles. The van der Waals surface area contributed by atoms with Crippen LogP contribution in [0.15, 0.2) is 30.6 Å². The van der Waals surface area contributed by atoms with Crippen molar-refractivity contribution in [2.45, 2.75) is 25.4 Å². The van der Waals surface area contributed by atoms with Crippen molar-refractivity contribution in [2.24, 2.45) is 7.05 Å². The number of hydrogen-bond acceptors (Lipinski definition) is 4. The third-order valence-corrected chi connectivity index (χ3v) is 4.19. The number of nitrogens with zero attached hydrogens (tertiary/aromatic N) is 4. The van der Waals surface area contributed by atoms with E-state index in [-0.39, 0.29) is 5.82 Å². The lowest BCUT2D eigenvalue weighted by Gasteiger charge is -2.35. The fraction of sp³-hybridized carbons (Fsp3) is 0.412. The fourth-order valence-electron chi connectivity index (χ4n) is 3.02. The number of piperidine rings is 1. The molecule has 0 unspecified atom stereocenters. The average Bonchev–Trinajstić information content (AvgIpc) is 2.98. The van der Waals surface area contributed by atoms with Gasteiger partial charge in [0.15, 0.2) is 0 Å². The summed E-state index contributed by atoms with van der Waals surface area (Å²) < 4.78 is 16.0. The maximum atomic E-state index is 14.2. The molecule has 0 spiro atoms. The summed E-state index contributed by atoms with van der Waals surface area (Å²) in [6.07, 6.45) is 5.95. The summed E-state index contributed by atoms with van der Waals surface area (Å²) in [5.41, 5.74) is 2.08. The predicted octanol–water partition coefficient (Wildman–Crippen LogP) is 2.19. The van der Waals surface area contributed by atoms with Gasteiger partial charge >= 0.3 is 0 Å². The maximum Gasteiger partial charge on any atom is 0.147 e. The Labute approximate surface area is 135 Å². The van der Waals surface area contributed by atoms with E-state index in [1.807, 2.05) is 25.5 Å². The number of rotatable bonds is 4. The minimum absolute atomic E-state index is 0.319. The van der Waals surface area contributed by atoms with Crippen LogP contribution in [0.25, 0.3) is 0 Å². The summed E-state index contributed by atoms with van der Waals surface area (Å²) >= 11 is 0. The van der Waals surface area contributed by atoms with E-state index < -0.39 is 0 Å². The molecule has 1 fully saturated rings. The maximum absolute atomic E-state index is 14.2. The van der Waals surface area contributed by atoms with Crippen LogP contribution in [-0.4, -0.2) is 28.9 Å². The molecular weight excluding hydrogens is 293 g/mol. The van der Waals surface area contributed by atoms with Crippen LogP contribution in [0.2, 0.25) is 0 Å². The van der Waals surface area contributed by atoms with E-state index in [4.69, 9.17) is 5.26 Å². The van der Waals surface area contributed by atoms with E-state index in [1.54, 1.807) is 16.8 Å². The van der Waals surface area contributed by atoms with Crippen LogP contribution < -0.4 is 10.2 Å². The Balaban J connectivity index is 1.63. The smallest absolute Gasteiger partial charge is 0.147 e. The fourth-order valence-corrected chi connectivity index (χ4v) is 3.02. The molecule has 0 saturated carbocycles. The average molecular weight is 313 g/mol. The van der Waals surface area contributed by atoms with Crippen molar-refractivity contribution in [3.05, 3.63) is 47.5 Å². The first-order valence-electron chi connectivity index (χ1n) is 7.81. The Kier molecular flexibility index (Phi) is 4.58. The number of nitrogens with one attached hydrogen (secondary N) is 1. The highest BCUT2D eigenvalue weighted by molar-refractivity contribution is 5.51. The number of benzene rings is 1. The van der Waals surface area contributed by atoms with E-state index in [0.29, 0.717) is 17.3 Å². The molecule has 3 rings (SSSR count). The van der Waals surface area contributed by atoms with Crippen LogP contribution in [0.3, 0.4) is 0 Å². The molecule has 1 aliphatic rings. The van der Waals surface area contributed by atoms with E-state index in [9.17, 15) is 4.39 Å². The lowest BCUT2D eigenvalue weighted by Crippen LogP contribution is -2.45. The number of aryl methyl sites for hydroxylation is 1. The third kappa shape index (κ3) is 3.69. The Morgan fingerprint density at radius 3 is 3.04 bits per heavy atom. The number of aromatic nitrogens is 2. The zero-order valence-corrected chi connectivity index (χ0v) is 13.2. The van der Waals surface area contributed by atoms with Gasteiger partial charge < -0.3 is 10.2 Å². The van der Waals surface area contributed by atoms with Gasteiger partial charge in [0.25, 0.3) is 0 Å². The Morgan fingerprint density at radius 2 is 2.35 bits per heavy atom. The standard InChI is InChI=1S/C17H20FN5/c1-22-11-14(10-21-22)9-20-15-3-2-6-23(12-15)17-5-4-13(8-19)7-16(17)18/h4-5,7,10-11,15,20H,2-3,6,9,12H2,1H3/t15-/m1/s1. The van der Waals surface area contributed by atoms with Gasteiger partial charge in [0.05, 0.1) is 23.5 Å². The summed E-state index contributed by atoms with van der Waals surface area (Å²) in [6, 6.07) is 6.97. The largest absolute Gasteiger partial charge is 0.368 e. The number of anilines is 1. The van der Waals surface area contributed by atoms with Crippen molar-refractivity contribution < 1.29 is 4.39 Å². The summed E-state index contributed by atoms with van der Waals surface area (Å²) in [5, 5.41) is 16.5. The van der Waals surface area contributed by atoms with Crippen LogP contribution in [0, 0.1) is 17.1 Å². The zero-order valence-electron chi connectivity index (χ0n) is 13.2. The van der Waals surface area contributed by atoms with Crippen LogP contribution in [0.1, 0.15) is 24.0 Å². The predicted molar refractivity (Wildman–Crippen MR) is 86.4 cm³/mol. The lowest BCUT2D eigenvalue weighted by atomic mass is 10.0. The molecule has 1 saturated heterocycles. The van der Waals surface area contributed by atoms with Gasteiger partial charge in [-0.2, -0.15) is 10.4 Å². The number of nitriles is 1. The van der Waals surface area contributed by atoms with Crippen LogP contribution >= 0.6 is 0 Å². The molecule has 1 atom stereocenters. The molecule has 5 nitrogen and oxygen atoms in total. The van der Waals surface area contributed by atoms with Crippen molar-refractivity contribution in [1.29, 1.82) is 5.26 Å². The molecule has 0 radical (unpaired) electrons. The molecule has 120 valence electrons. The topological polar surface area (TPSA) is 56.9 Å². The molecule has 1 aromatic heterocycles. The Morgan fingerprint density at radius 1 is 1.48 bits per heavy atom. The van der Waals surface area contributed by atoms with Crippen molar-refractivity contribution in [2.75, 3.05) is 18.0 Å². The molecule has 2 aromatic rings.